The zero-order valence-electron chi connectivity index (χ0n) is 7.23. The summed E-state index contributed by atoms with van der Waals surface area (Å²) in [5, 5.41) is 14.9. The molecule has 0 radical (unpaired) electrons. The van der Waals surface area contributed by atoms with E-state index in [0.29, 0.717) is 0 Å². The van der Waals surface area contributed by atoms with Gasteiger partial charge >= 0.3 is 12.3 Å². The van der Waals surface area contributed by atoms with Gasteiger partial charge in [0.2, 0.25) is 0 Å². The minimum atomic E-state index is -4.70. The van der Waals surface area contributed by atoms with Crippen LogP contribution in [0.1, 0.15) is 10.5 Å². The zero-order valence-corrected chi connectivity index (χ0v) is 7.23. The fraction of sp³-hybridized carbons (Fsp3) is 0.500. The molecule has 15 heavy (non-hydrogen) atoms. The summed E-state index contributed by atoms with van der Waals surface area (Å²) in [6, 6.07) is 0. The highest BCUT2D eigenvalue weighted by Crippen LogP contribution is 2.15. The Hall–Kier alpha value is -1.64. The molecule has 0 aliphatic carbocycles. The second-order valence-corrected chi connectivity index (χ2v) is 2.47. The quantitative estimate of drug-likeness (QED) is 0.807. The van der Waals surface area contributed by atoms with E-state index in [4.69, 9.17) is 5.11 Å². The Morgan fingerprint density at radius 3 is 2.73 bits per heavy atom. The number of aromatic carboxylic acids is 1. The van der Waals surface area contributed by atoms with Crippen LogP contribution in [0.5, 0.6) is 0 Å². The Morgan fingerprint density at radius 1 is 1.60 bits per heavy atom. The first-order chi connectivity index (χ1) is 6.88. The predicted molar refractivity (Wildman–Crippen MR) is 39.0 cm³/mol. The largest absolute Gasteiger partial charge is 0.522 e. The number of alkyl halides is 3. The molecular weight excluding hydrogens is 219 g/mol. The van der Waals surface area contributed by atoms with Crippen LogP contribution in [0, 0.1) is 0 Å². The minimum absolute atomic E-state index is 0.222. The maximum absolute atomic E-state index is 11.5. The van der Waals surface area contributed by atoms with Crippen LogP contribution in [0.2, 0.25) is 0 Å². The molecule has 0 aromatic carbocycles. The predicted octanol–water partition coefficient (Wildman–Crippen LogP) is 0.513. The van der Waals surface area contributed by atoms with Crippen LogP contribution in [0.25, 0.3) is 0 Å². The summed E-state index contributed by atoms with van der Waals surface area (Å²) in [5.41, 5.74) is -0.331. The summed E-state index contributed by atoms with van der Waals surface area (Å²) < 4.78 is 39.0. The van der Waals surface area contributed by atoms with Gasteiger partial charge in [-0.3, -0.25) is 4.74 Å². The molecule has 0 saturated carbocycles. The number of hydrogen-bond donors (Lipinski definition) is 1. The average Bonchev–Trinajstić information content (AvgIpc) is 2.50. The summed E-state index contributed by atoms with van der Waals surface area (Å²) in [4.78, 5) is 10.3. The zero-order chi connectivity index (χ0) is 11.5. The number of nitrogens with zero attached hydrogens (tertiary/aromatic N) is 3. The number of halogens is 3. The summed E-state index contributed by atoms with van der Waals surface area (Å²) in [6.45, 7) is -0.869. The molecule has 1 N–H and O–H groups in total. The fourth-order valence-electron chi connectivity index (χ4n) is 0.761. The summed E-state index contributed by atoms with van der Waals surface area (Å²) in [7, 11) is 0. The van der Waals surface area contributed by atoms with Crippen LogP contribution in [-0.4, -0.2) is 39.0 Å². The fourth-order valence-corrected chi connectivity index (χ4v) is 0.761. The normalized spacial score (nSPS) is 11.7. The lowest BCUT2D eigenvalue weighted by Gasteiger charge is -2.06. The Balaban J connectivity index is 2.41. The first-order valence-electron chi connectivity index (χ1n) is 3.72. The van der Waals surface area contributed by atoms with Crippen LogP contribution in [0.4, 0.5) is 13.2 Å². The van der Waals surface area contributed by atoms with Crippen LogP contribution in [0.3, 0.4) is 0 Å². The summed E-state index contributed by atoms with van der Waals surface area (Å²) >= 11 is 0. The Labute approximate surface area is 81.3 Å². The molecule has 0 fully saturated rings. The second-order valence-electron chi connectivity index (χ2n) is 2.47. The maximum atomic E-state index is 11.5. The number of hydrogen-bond acceptors (Lipinski definition) is 4. The highest BCUT2D eigenvalue weighted by molar-refractivity contribution is 5.84. The maximum Gasteiger partial charge on any atom is 0.522 e. The molecule has 0 bridgehead atoms. The molecule has 1 aromatic heterocycles. The van der Waals surface area contributed by atoms with Crippen molar-refractivity contribution in [3.63, 3.8) is 0 Å². The van der Waals surface area contributed by atoms with Crippen molar-refractivity contribution in [2.75, 3.05) is 6.61 Å². The highest BCUT2D eigenvalue weighted by Gasteiger charge is 2.28. The number of ether oxygens (including phenoxy) is 1. The first kappa shape index (κ1) is 11.4. The lowest BCUT2D eigenvalue weighted by Crippen LogP contribution is -2.17. The molecule has 1 heterocycles. The van der Waals surface area contributed by atoms with Crippen LogP contribution >= 0.6 is 0 Å². The van der Waals surface area contributed by atoms with Gasteiger partial charge in [-0.15, -0.1) is 18.3 Å². The van der Waals surface area contributed by atoms with Crippen LogP contribution in [-0.2, 0) is 11.3 Å². The van der Waals surface area contributed by atoms with E-state index in [1.54, 1.807) is 0 Å². The highest BCUT2D eigenvalue weighted by atomic mass is 19.4. The summed E-state index contributed by atoms with van der Waals surface area (Å²) in [6.07, 6.45) is -3.68. The van der Waals surface area contributed by atoms with Gasteiger partial charge in [0.15, 0.2) is 5.69 Å². The topological polar surface area (TPSA) is 77.2 Å². The van der Waals surface area contributed by atoms with Gasteiger partial charge in [0.25, 0.3) is 0 Å². The van der Waals surface area contributed by atoms with Gasteiger partial charge in [-0.1, -0.05) is 5.21 Å². The third kappa shape index (κ3) is 3.94. The van der Waals surface area contributed by atoms with E-state index in [0.717, 1.165) is 10.9 Å². The van der Waals surface area contributed by atoms with Crippen molar-refractivity contribution >= 4 is 5.97 Å². The van der Waals surface area contributed by atoms with Gasteiger partial charge in [0, 0.05) is 0 Å². The Kier molecular flexibility index (Phi) is 3.24. The molecule has 1 aromatic rings. The molecule has 0 amide bonds. The van der Waals surface area contributed by atoms with E-state index < -0.39 is 18.9 Å². The van der Waals surface area contributed by atoms with Crippen LogP contribution in [0.15, 0.2) is 6.20 Å². The lowest BCUT2D eigenvalue weighted by atomic mass is 10.5. The Bertz CT molecular complexity index is 349. The SMILES string of the molecule is O=C(O)c1cn(CCOC(F)(F)F)nn1. The molecule has 0 spiro atoms. The average molecular weight is 225 g/mol. The Morgan fingerprint density at radius 2 is 2.27 bits per heavy atom. The van der Waals surface area contributed by atoms with E-state index in [1.165, 1.54) is 0 Å². The van der Waals surface area contributed by atoms with Crippen LogP contribution < -0.4 is 0 Å². The first-order valence-corrected chi connectivity index (χ1v) is 3.72. The smallest absolute Gasteiger partial charge is 0.476 e. The molecule has 0 atom stereocenters. The van der Waals surface area contributed by atoms with Gasteiger partial charge < -0.3 is 5.11 Å². The molecule has 0 unspecified atom stereocenters. The van der Waals surface area contributed by atoms with Crippen molar-refractivity contribution in [3.05, 3.63) is 11.9 Å². The molecule has 0 aliphatic rings. The lowest BCUT2D eigenvalue weighted by molar-refractivity contribution is -0.325. The number of aromatic nitrogens is 3. The van der Waals surface area contributed by atoms with Gasteiger partial charge in [0.05, 0.1) is 19.3 Å². The number of carboxylic acids is 1. The monoisotopic (exact) mass is 225 g/mol. The van der Waals surface area contributed by atoms with Gasteiger partial charge in [-0.05, 0) is 0 Å². The van der Waals surface area contributed by atoms with E-state index in [1.807, 2.05) is 0 Å². The molecule has 6 nitrogen and oxygen atoms in total. The van der Waals surface area contributed by atoms with Crippen molar-refractivity contribution in [3.8, 4) is 0 Å². The van der Waals surface area contributed by atoms with E-state index in [9.17, 15) is 18.0 Å². The second kappa shape index (κ2) is 4.26. The van der Waals surface area contributed by atoms with Crippen molar-refractivity contribution in [2.24, 2.45) is 0 Å². The molecule has 9 heteroatoms. The number of carbonyl (C=O) groups is 1. The van der Waals surface area contributed by atoms with E-state index in [-0.39, 0.29) is 12.2 Å². The van der Waals surface area contributed by atoms with Crippen molar-refractivity contribution in [1.82, 2.24) is 15.0 Å². The van der Waals surface area contributed by atoms with Gasteiger partial charge in [0.1, 0.15) is 0 Å². The third-order valence-electron chi connectivity index (χ3n) is 1.34. The molecule has 84 valence electrons. The summed E-state index contributed by atoms with van der Waals surface area (Å²) in [5.74, 6) is -1.29. The minimum Gasteiger partial charge on any atom is -0.476 e. The molecule has 0 aliphatic heterocycles. The van der Waals surface area contributed by atoms with E-state index >= 15 is 0 Å². The number of carboxylic acid groups (broad SMARTS) is 1. The molecular formula is C6H6F3N3O3. The van der Waals surface area contributed by atoms with Gasteiger partial charge in [-0.25, -0.2) is 9.48 Å². The third-order valence-corrected chi connectivity index (χ3v) is 1.34. The number of rotatable bonds is 4. The van der Waals surface area contributed by atoms with Crippen molar-refractivity contribution in [1.29, 1.82) is 0 Å². The molecule has 0 saturated heterocycles. The van der Waals surface area contributed by atoms with E-state index in [2.05, 4.69) is 15.0 Å². The van der Waals surface area contributed by atoms with Crippen molar-refractivity contribution < 1.29 is 27.8 Å². The standard InChI is InChI=1S/C6H6F3N3O3/c7-6(8,9)15-2-1-12-3-4(5(13)14)10-11-12/h3H,1-2H2,(H,13,14). The van der Waals surface area contributed by atoms with Crippen molar-refractivity contribution in [2.45, 2.75) is 12.9 Å². The molecule has 1 rings (SSSR count). The van der Waals surface area contributed by atoms with Gasteiger partial charge in [-0.2, -0.15) is 0 Å².